The summed E-state index contributed by atoms with van der Waals surface area (Å²) in [5, 5.41) is 13.2. The van der Waals surface area contributed by atoms with Crippen molar-refractivity contribution >= 4 is 17.3 Å². The van der Waals surface area contributed by atoms with E-state index in [0.717, 1.165) is 51.6 Å². The Morgan fingerprint density at radius 1 is 1.23 bits per heavy atom. The fraction of sp³-hybridized carbons (Fsp3) is 0.455. The van der Waals surface area contributed by atoms with Gasteiger partial charge >= 0.3 is 6.18 Å². The smallest absolute Gasteiger partial charge is 0.370 e. The molecule has 1 aromatic heterocycles. The quantitative estimate of drug-likeness (QED) is 0.567. The summed E-state index contributed by atoms with van der Waals surface area (Å²) in [6.45, 7) is 4.51. The van der Waals surface area contributed by atoms with Crippen LogP contribution in [0.2, 0.25) is 0 Å². The van der Waals surface area contributed by atoms with Crippen LogP contribution in [0.25, 0.3) is 0 Å². The summed E-state index contributed by atoms with van der Waals surface area (Å²) in [5.74, 6) is 0.281. The van der Waals surface area contributed by atoms with Crippen molar-refractivity contribution in [2.75, 3.05) is 26.2 Å². The molecule has 5 nitrogen and oxygen atoms in total. The highest BCUT2D eigenvalue weighted by atomic mass is 32.1. The van der Waals surface area contributed by atoms with Gasteiger partial charge in [-0.1, -0.05) is 6.07 Å². The van der Waals surface area contributed by atoms with Gasteiger partial charge < -0.3 is 10.6 Å². The van der Waals surface area contributed by atoms with Crippen LogP contribution in [-0.4, -0.2) is 41.9 Å². The fourth-order valence-corrected chi connectivity index (χ4v) is 5.04. The van der Waals surface area contributed by atoms with Crippen molar-refractivity contribution in [3.8, 4) is 6.07 Å². The first-order chi connectivity index (χ1) is 14.8. The maximum absolute atomic E-state index is 13.3. The van der Waals surface area contributed by atoms with Crippen LogP contribution < -0.4 is 5.73 Å². The van der Waals surface area contributed by atoms with E-state index in [4.69, 9.17) is 11.0 Å². The number of hydrogen-bond acceptors (Lipinski definition) is 4. The third kappa shape index (κ3) is 4.86. The number of nitriles is 1. The van der Waals surface area contributed by atoms with Gasteiger partial charge in [0.05, 0.1) is 23.7 Å². The maximum Gasteiger partial charge on any atom is 0.416 e. The van der Waals surface area contributed by atoms with Crippen molar-refractivity contribution in [2.45, 2.75) is 32.1 Å². The number of halogens is 3. The molecule has 164 valence electrons. The number of guanidine groups is 1. The first-order valence-electron chi connectivity index (χ1n) is 10.2. The molecule has 3 heterocycles. The van der Waals surface area contributed by atoms with Crippen molar-refractivity contribution in [1.82, 2.24) is 9.80 Å². The summed E-state index contributed by atoms with van der Waals surface area (Å²) in [7, 11) is 0. The minimum absolute atomic E-state index is 0.0198. The first-order valence-corrected chi connectivity index (χ1v) is 11.1. The van der Waals surface area contributed by atoms with Gasteiger partial charge in [-0.3, -0.25) is 4.90 Å². The standard InChI is InChI=1S/C22H24F3N5S/c23-22(24,25)19-9-16(10-26)1-2-18(19)11-28-20(27)30-14-21(15-30)4-6-29(7-5-21)12-17-3-8-31-13-17/h1-3,8-9,13H,4-7,11-12,14-15H2,(H2,27,28). The Balaban J connectivity index is 1.32. The minimum atomic E-state index is -4.54. The predicted octanol–water partition coefficient (Wildman–Crippen LogP) is 4.05. The molecular formula is C22H24F3N5S. The number of nitrogens with zero attached hydrogens (tertiary/aromatic N) is 4. The van der Waals surface area contributed by atoms with E-state index in [0.29, 0.717) is 0 Å². The van der Waals surface area contributed by atoms with Gasteiger partial charge in [0.25, 0.3) is 0 Å². The van der Waals surface area contributed by atoms with Gasteiger partial charge in [0, 0.05) is 25.0 Å². The predicted molar refractivity (Wildman–Crippen MR) is 114 cm³/mol. The highest BCUT2D eigenvalue weighted by Crippen LogP contribution is 2.40. The summed E-state index contributed by atoms with van der Waals surface area (Å²) in [6.07, 6.45) is -2.35. The van der Waals surface area contributed by atoms with E-state index in [9.17, 15) is 13.2 Å². The normalized spacial score (nSPS) is 19.3. The lowest BCUT2D eigenvalue weighted by atomic mass is 9.72. The van der Waals surface area contributed by atoms with Crippen LogP contribution in [0, 0.1) is 16.7 Å². The molecule has 2 aliphatic heterocycles. The lowest BCUT2D eigenvalue weighted by Gasteiger charge is -2.54. The largest absolute Gasteiger partial charge is 0.416 e. The number of rotatable bonds is 4. The second kappa shape index (κ2) is 8.52. The van der Waals surface area contributed by atoms with Gasteiger partial charge in [-0.25, -0.2) is 4.99 Å². The van der Waals surface area contributed by atoms with Crippen molar-refractivity contribution in [3.63, 3.8) is 0 Å². The highest BCUT2D eigenvalue weighted by Gasteiger charge is 2.45. The molecule has 2 N–H and O–H groups in total. The molecular weight excluding hydrogens is 423 g/mol. The number of nitrogens with two attached hydrogens (primary N) is 1. The third-order valence-corrected chi connectivity index (χ3v) is 6.97. The highest BCUT2D eigenvalue weighted by molar-refractivity contribution is 7.07. The molecule has 0 unspecified atom stereocenters. The Hall–Kier alpha value is -2.57. The average Bonchev–Trinajstić information content (AvgIpc) is 3.23. The summed E-state index contributed by atoms with van der Waals surface area (Å²) in [6, 6.07) is 7.45. The number of benzene rings is 1. The average molecular weight is 448 g/mol. The number of hydrogen-bond donors (Lipinski definition) is 1. The molecule has 0 radical (unpaired) electrons. The molecule has 2 saturated heterocycles. The van der Waals surface area contributed by atoms with Gasteiger partial charge in [-0.05, 0) is 66.0 Å². The lowest BCUT2D eigenvalue weighted by molar-refractivity contribution is -0.138. The SMILES string of the molecule is N#Cc1ccc(CN=C(N)N2CC3(CCN(Cc4ccsc4)CC3)C2)c(C(F)(F)F)c1. The number of likely N-dealkylation sites (tertiary alicyclic amines) is 2. The van der Waals surface area contributed by atoms with E-state index >= 15 is 0 Å². The fourth-order valence-electron chi connectivity index (χ4n) is 4.38. The van der Waals surface area contributed by atoms with E-state index in [1.807, 2.05) is 4.90 Å². The monoisotopic (exact) mass is 447 g/mol. The van der Waals surface area contributed by atoms with Crippen LogP contribution in [-0.2, 0) is 19.3 Å². The maximum atomic E-state index is 13.3. The number of piperidine rings is 1. The van der Waals surface area contributed by atoms with Crippen LogP contribution in [0.1, 0.15) is 35.1 Å². The van der Waals surface area contributed by atoms with E-state index in [2.05, 4.69) is 26.7 Å². The van der Waals surface area contributed by atoms with Crippen LogP contribution in [0.4, 0.5) is 13.2 Å². The van der Waals surface area contributed by atoms with Crippen molar-refractivity contribution < 1.29 is 13.2 Å². The summed E-state index contributed by atoms with van der Waals surface area (Å²) < 4.78 is 39.9. The van der Waals surface area contributed by atoms with Gasteiger partial charge in [-0.15, -0.1) is 0 Å². The lowest BCUT2D eigenvalue weighted by Crippen LogP contribution is -2.63. The molecule has 2 aliphatic rings. The van der Waals surface area contributed by atoms with Crippen LogP contribution in [0.15, 0.2) is 40.0 Å². The molecule has 0 bridgehead atoms. The van der Waals surface area contributed by atoms with Gasteiger partial charge in [0.15, 0.2) is 5.96 Å². The summed E-state index contributed by atoms with van der Waals surface area (Å²) in [4.78, 5) is 8.64. The van der Waals surface area contributed by atoms with Crippen LogP contribution in [0.5, 0.6) is 0 Å². The molecule has 31 heavy (non-hydrogen) atoms. The molecule has 2 fully saturated rings. The molecule has 0 saturated carbocycles. The molecule has 9 heteroatoms. The zero-order valence-corrected chi connectivity index (χ0v) is 17.8. The molecule has 1 aromatic carbocycles. The van der Waals surface area contributed by atoms with E-state index in [-0.39, 0.29) is 29.0 Å². The van der Waals surface area contributed by atoms with Gasteiger partial charge in [-0.2, -0.15) is 29.8 Å². The molecule has 0 aliphatic carbocycles. The van der Waals surface area contributed by atoms with Crippen molar-refractivity contribution in [2.24, 2.45) is 16.1 Å². The van der Waals surface area contributed by atoms with E-state index < -0.39 is 11.7 Å². The van der Waals surface area contributed by atoms with E-state index in [1.165, 1.54) is 17.7 Å². The molecule has 0 amide bonds. The Morgan fingerprint density at radius 2 is 1.97 bits per heavy atom. The topological polar surface area (TPSA) is 68.6 Å². The van der Waals surface area contributed by atoms with Gasteiger partial charge in [0.2, 0.25) is 0 Å². The van der Waals surface area contributed by atoms with Gasteiger partial charge in [0.1, 0.15) is 0 Å². The van der Waals surface area contributed by atoms with Crippen molar-refractivity contribution in [3.05, 3.63) is 57.3 Å². The Labute approximate surface area is 183 Å². The molecule has 0 atom stereocenters. The zero-order chi connectivity index (χ0) is 22.1. The van der Waals surface area contributed by atoms with Crippen LogP contribution in [0.3, 0.4) is 0 Å². The number of alkyl halides is 3. The summed E-state index contributed by atoms with van der Waals surface area (Å²) >= 11 is 1.72. The first kappa shape index (κ1) is 21.7. The van der Waals surface area contributed by atoms with Crippen molar-refractivity contribution in [1.29, 1.82) is 5.26 Å². The Bertz CT molecular complexity index is 978. The third-order valence-electron chi connectivity index (χ3n) is 6.24. The summed E-state index contributed by atoms with van der Waals surface area (Å²) in [5.41, 5.74) is 6.83. The second-order valence-electron chi connectivity index (χ2n) is 8.42. The number of aliphatic imine (C=N–C) groups is 1. The molecule has 4 rings (SSSR count). The second-order valence-corrected chi connectivity index (χ2v) is 9.20. The van der Waals surface area contributed by atoms with E-state index in [1.54, 1.807) is 17.4 Å². The molecule has 1 spiro atoms. The Kier molecular flexibility index (Phi) is 5.95. The number of thiophene rings is 1. The zero-order valence-electron chi connectivity index (χ0n) is 17.0. The van der Waals surface area contributed by atoms with Crippen LogP contribution >= 0.6 is 11.3 Å². The minimum Gasteiger partial charge on any atom is -0.370 e. The molecule has 2 aromatic rings. The Morgan fingerprint density at radius 3 is 2.58 bits per heavy atom.